The van der Waals surface area contributed by atoms with Crippen molar-refractivity contribution in [1.82, 2.24) is 19.5 Å². The lowest BCUT2D eigenvalue weighted by Crippen LogP contribution is -2.06. The van der Waals surface area contributed by atoms with Crippen molar-refractivity contribution in [2.24, 2.45) is 0 Å². The summed E-state index contributed by atoms with van der Waals surface area (Å²) >= 11 is 1.79. The third-order valence-corrected chi connectivity index (χ3v) is 11.0. The van der Waals surface area contributed by atoms with Gasteiger partial charge in [0.2, 0.25) is 5.95 Å². The summed E-state index contributed by atoms with van der Waals surface area (Å²) in [6.45, 7) is 0. The highest BCUT2D eigenvalue weighted by Crippen LogP contribution is 2.49. The van der Waals surface area contributed by atoms with Crippen LogP contribution in [0.4, 0.5) is 0 Å². The van der Waals surface area contributed by atoms with Crippen LogP contribution in [0.15, 0.2) is 146 Å². The van der Waals surface area contributed by atoms with E-state index < -0.39 is 0 Å². The normalized spacial score (nSPS) is 12.2. The van der Waals surface area contributed by atoms with E-state index in [0.29, 0.717) is 17.6 Å². The van der Waals surface area contributed by atoms with E-state index in [1.807, 2.05) is 18.2 Å². The van der Waals surface area contributed by atoms with Gasteiger partial charge in [-0.2, -0.15) is 9.97 Å². The molecule has 1 aliphatic carbocycles. The number of nitrogens with zero attached hydrogens (tertiary/aromatic N) is 4. The molecule has 0 saturated carbocycles. The quantitative estimate of drug-likeness (QED) is 0.196. The van der Waals surface area contributed by atoms with Crippen molar-refractivity contribution in [2.45, 2.75) is 0 Å². The standard InChI is InChI=1S/C43H24N4S/c1-2-11-26(12-3-1)41-44-42(33-20-9-19-32-29-16-6-7-22-36(29)48-40(32)33)46-43(45-41)47-34-21-10-18-31-28-15-5-4-14-27(28)30-17-8-13-25-23-24-35(47)39(37(25)30)38(31)34/h1-24H. The molecule has 4 nitrogen and oxygen atoms in total. The van der Waals surface area contributed by atoms with Gasteiger partial charge in [-0.25, -0.2) is 4.98 Å². The van der Waals surface area contributed by atoms with Crippen molar-refractivity contribution in [3.8, 4) is 51.0 Å². The molecule has 48 heavy (non-hydrogen) atoms. The van der Waals surface area contributed by atoms with Gasteiger partial charge in [0.15, 0.2) is 11.6 Å². The monoisotopic (exact) mass is 628 g/mol. The van der Waals surface area contributed by atoms with Crippen LogP contribution in [0.2, 0.25) is 0 Å². The summed E-state index contributed by atoms with van der Waals surface area (Å²) in [6.07, 6.45) is 0. The molecule has 5 heteroatoms. The molecular weight excluding hydrogens is 605 g/mol. The molecule has 0 amide bonds. The number of aromatic nitrogens is 4. The second-order valence-electron chi connectivity index (χ2n) is 12.4. The first-order chi connectivity index (χ1) is 23.8. The maximum absolute atomic E-state index is 5.33. The fourth-order valence-electron chi connectivity index (χ4n) is 7.77. The zero-order chi connectivity index (χ0) is 31.3. The van der Waals surface area contributed by atoms with Gasteiger partial charge in [0, 0.05) is 42.1 Å². The van der Waals surface area contributed by atoms with E-state index in [1.165, 1.54) is 64.0 Å². The molecule has 0 atom stereocenters. The molecule has 0 N–H and O–H groups in total. The average Bonchev–Trinajstić information content (AvgIpc) is 3.67. The minimum absolute atomic E-state index is 0.611. The Morgan fingerprint density at radius 3 is 1.94 bits per heavy atom. The molecule has 10 aromatic rings. The summed E-state index contributed by atoms with van der Waals surface area (Å²) in [5.41, 5.74) is 9.11. The molecule has 0 fully saturated rings. The second kappa shape index (κ2) is 9.67. The number of hydrogen-bond donors (Lipinski definition) is 0. The van der Waals surface area contributed by atoms with Crippen LogP contribution in [0.25, 0.3) is 104 Å². The molecule has 7 aromatic carbocycles. The summed E-state index contributed by atoms with van der Waals surface area (Å²) in [7, 11) is 0. The van der Waals surface area contributed by atoms with Crippen molar-refractivity contribution in [3.63, 3.8) is 0 Å². The first kappa shape index (κ1) is 26.0. The highest BCUT2D eigenvalue weighted by atomic mass is 32.1. The highest BCUT2D eigenvalue weighted by Gasteiger charge is 2.26. The Morgan fingerprint density at radius 2 is 1.06 bits per heavy atom. The first-order valence-corrected chi connectivity index (χ1v) is 16.9. The molecule has 0 radical (unpaired) electrons. The third-order valence-electron chi connectivity index (χ3n) is 9.81. The molecule has 222 valence electrons. The Bertz CT molecular complexity index is 2950. The SMILES string of the molecule is c1ccc(-c2nc(-c3cccc4c3sc3ccccc34)nc(-n3c4cccc5c4c4c6c(cccc6ccc43)-c3ccccc3-5)n2)cc1. The molecule has 11 rings (SSSR count). The fraction of sp³-hybridized carbons (Fsp3) is 0. The van der Waals surface area contributed by atoms with Gasteiger partial charge in [-0.1, -0.05) is 121 Å². The van der Waals surface area contributed by atoms with E-state index in [9.17, 15) is 0 Å². The zero-order valence-corrected chi connectivity index (χ0v) is 26.4. The predicted octanol–water partition coefficient (Wildman–Crippen LogP) is 11.5. The van der Waals surface area contributed by atoms with Crippen molar-refractivity contribution in [1.29, 1.82) is 0 Å². The number of rotatable bonds is 3. The minimum atomic E-state index is 0.611. The van der Waals surface area contributed by atoms with Crippen LogP contribution in [0, 0.1) is 0 Å². The summed E-state index contributed by atoms with van der Waals surface area (Å²) < 4.78 is 4.69. The van der Waals surface area contributed by atoms with Gasteiger partial charge in [0.1, 0.15) is 0 Å². The van der Waals surface area contributed by atoms with E-state index in [1.54, 1.807) is 11.3 Å². The Morgan fingerprint density at radius 1 is 0.417 bits per heavy atom. The molecular formula is C43H24N4S. The van der Waals surface area contributed by atoms with E-state index >= 15 is 0 Å². The number of thiophene rings is 1. The summed E-state index contributed by atoms with van der Waals surface area (Å²) in [5, 5.41) is 7.43. The van der Waals surface area contributed by atoms with E-state index in [2.05, 4.69) is 132 Å². The molecule has 0 bridgehead atoms. The van der Waals surface area contributed by atoms with Crippen LogP contribution in [0.3, 0.4) is 0 Å². The van der Waals surface area contributed by atoms with Gasteiger partial charge >= 0.3 is 0 Å². The zero-order valence-electron chi connectivity index (χ0n) is 25.6. The van der Waals surface area contributed by atoms with Crippen molar-refractivity contribution in [2.75, 3.05) is 0 Å². The van der Waals surface area contributed by atoms with Gasteiger partial charge in [-0.05, 0) is 57.3 Å². The Kier molecular flexibility index (Phi) is 5.23. The van der Waals surface area contributed by atoms with E-state index in [0.717, 1.165) is 22.2 Å². The van der Waals surface area contributed by atoms with Crippen LogP contribution in [0.1, 0.15) is 0 Å². The molecule has 0 spiro atoms. The van der Waals surface area contributed by atoms with Gasteiger partial charge in [-0.15, -0.1) is 11.3 Å². The van der Waals surface area contributed by atoms with Gasteiger partial charge in [0.05, 0.1) is 11.0 Å². The van der Waals surface area contributed by atoms with E-state index in [4.69, 9.17) is 15.0 Å². The molecule has 0 aliphatic heterocycles. The smallest absolute Gasteiger partial charge is 0.238 e. The van der Waals surface area contributed by atoms with Gasteiger partial charge < -0.3 is 0 Å². The molecule has 3 heterocycles. The number of fused-ring (bicyclic) bond motifs is 6. The van der Waals surface area contributed by atoms with Gasteiger partial charge in [0.25, 0.3) is 0 Å². The lowest BCUT2D eigenvalue weighted by molar-refractivity contribution is 0.954. The average molecular weight is 629 g/mol. The molecule has 1 aliphatic rings. The van der Waals surface area contributed by atoms with Crippen molar-refractivity contribution < 1.29 is 0 Å². The third kappa shape index (κ3) is 3.51. The van der Waals surface area contributed by atoms with Crippen LogP contribution < -0.4 is 0 Å². The van der Waals surface area contributed by atoms with Crippen LogP contribution >= 0.6 is 11.3 Å². The van der Waals surface area contributed by atoms with Crippen LogP contribution in [-0.2, 0) is 0 Å². The Balaban J connectivity index is 1.28. The number of benzene rings is 7. The maximum Gasteiger partial charge on any atom is 0.238 e. The Hall–Kier alpha value is -6.17. The number of hydrogen-bond acceptors (Lipinski definition) is 4. The summed E-state index contributed by atoms with van der Waals surface area (Å²) in [6, 6.07) is 51.8. The molecule has 3 aromatic heterocycles. The first-order valence-electron chi connectivity index (χ1n) is 16.1. The second-order valence-corrected chi connectivity index (χ2v) is 13.4. The summed E-state index contributed by atoms with van der Waals surface area (Å²) in [4.78, 5) is 15.7. The highest BCUT2D eigenvalue weighted by molar-refractivity contribution is 7.26. The van der Waals surface area contributed by atoms with Crippen LogP contribution in [0.5, 0.6) is 0 Å². The molecule has 0 unspecified atom stereocenters. The predicted molar refractivity (Wildman–Crippen MR) is 200 cm³/mol. The van der Waals surface area contributed by atoms with Gasteiger partial charge in [-0.3, -0.25) is 4.57 Å². The van der Waals surface area contributed by atoms with Crippen molar-refractivity contribution in [3.05, 3.63) is 146 Å². The Labute approximate surface area is 279 Å². The maximum atomic E-state index is 5.33. The summed E-state index contributed by atoms with van der Waals surface area (Å²) in [5.74, 6) is 1.93. The minimum Gasteiger partial charge on any atom is -0.278 e. The van der Waals surface area contributed by atoms with E-state index in [-0.39, 0.29) is 0 Å². The fourth-order valence-corrected chi connectivity index (χ4v) is 8.98. The van der Waals surface area contributed by atoms with Crippen LogP contribution in [-0.4, -0.2) is 19.5 Å². The largest absolute Gasteiger partial charge is 0.278 e. The lowest BCUT2D eigenvalue weighted by Gasteiger charge is -2.14. The molecule has 0 saturated heterocycles. The topological polar surface area (TPSA) is 43.6 Å². The van der Waals surface area contributed by atoms with Crippen molar-refractivity contribution >= 4 is 64.1 Å². The lowest BCUT2D eigenvalue weighted by atomic mass is 9.93.